The van der Waals surface area contributed by atoms with Gasteiger partial charge in [-0.2, -0.15) is 0 Å². The smallest absolute Gasteiger partial charge is 0.203 e. The fraction of sp³-hybridized carbons (Fsp3) is 0.143. The number of ether oxygens (including phenoxy) is 3. The second-order valence-electron chi connectivity index (χ2n) is 7.47. The van der Waals surface area contributed by atoms with Crippen LogP contribution in [0.4, 0.5) is 0 Å². The molecule has 4 aromatic carbocycles. The van der Waals surface area contributed by atoms with Crippen LogP contribution in [0, 0.1) is 0 Å². The molecular formula is C28H28BrO3P. The Morgan fingerprint density at radius 1 is 0.515 bits per heavy atom. The second-order valence-corrected chi connectivity index (χ2v) is 11.0. The molecule has 4 rings (SSSR count). The van der Waals surface area contributed by atoms with Crippen molar-refractivity contribution >= 4 is 23.2 Å². The standard InChI is InChI=1S/C28H28O3P.BrH/c1-29-26-20-19-22(27(30-2)28(26)31-3)21-32(23-13-7-4-8-14-23,24-15-9-5-10-16-24)25-17-11-6-12-18-25;/h4-20H,21H2,1-3H3;1H/q+1;/p-1. The molecule has 0 fully saturated rings. The van der Waals surface area contributed by atoms with Gasteiger partial charge in [0.2, 0.25) is 5.75 Å². The molecule has 0 heterocycles. The van der Waals surface area contributed by atoms with Crippen molar-refractivity contribution in [2.75, 3.05) is 21.3 Å². The molecule has 0 aliphatic carbocycles. The van der Waals surface area contributed by atoms with Crippen molar-refractivity contribution < 1.29 is 31.2 Å². The lowest BCUT2D eigenvalue weighted by Gasteiger charge is -2.28. The minimum absolute atomic E-state index is 0. The van der Waals surface area contributed by atoms with Gasteiger partial charge in [-0.3, -0.25) is 0 Å². The molecule has 0 radical (unpaired) electrons. The third-order valence-electron chi connectivity index (χ3n) is 5.78. The van der Waals surface area contributed by atoms with Crippen LogP contribution in [0.25, 0.3) is 0 Å². The summed E-state index contributed by atoms with van der Waals surface area (Å²) in [6, 6.07) is 36.6. The number of methoxy groups -OCH3 is 3. The van der Waals surface area contributed by atoms with Crippen LogP contribution < -0.4 is 47.1 Å². The maximum absolute atomic E-state index is 5.88. The Morgan fingerprint density at radius 3 is 1.30 bits per heavy atom. The Balaban J connectivity index is 0.00000306. The van der Waals surface area contributed by atoms with Gasteiger partial charge in [-0.25, -0.2) is 0 Å². The topological polar surface area (TPSA) is 27.7 Å². The molecule has 5 heteroatoms. The minimum Gasteiger partial charge on any atom is -1.00 e. The van der Waals surface area contributed by atoms with Crippen LogP contribution in [0.1, 0.15) is 5.56 Å². The molecule has 4 aromatic rings. The predicted octanol–water partition coefficient (Wildman–Crippen LogP) is 2.21. The van der Waals surface area contributed by atoms with Gasteiger partial charge in [0.05, 0.1) is 21.3 Å². The van der Waals surface area contributed by atoms with E-state index in [1.54, 1.807) is 21.3 Å². The quantitative estimate of drug-likeness (QED) is 0.332. The first-order valence-corrected chi connectivity index (χ1v) is 12.5. The molecule has 0 aliphatic heterocycles. The fourth-order valence-electron chi connectivity index (χ4n) is 4.31. The van der Waals surface area contributed by atoms with Gasteiger partial charge in [-0.15, -0.1) is 0 Å². The maximum atomic E-state index is 5.88. The molecule has 0 saturated heterocycles. The van der Waals surface area contributed by atoms with Crippen LogP contribution in [0.15, 0.2) is 103 Å². The summed E-state index contributed by atoms with van der Waals surface area (Å²) in [6.45, 7) is 0. The van der Waals surface area contributed by atoms with E-state index in [0.717, 1.165) is 17.5 Å². The van der Waals surface area contributed by atoms with E-state index in [9.17, 15) is 0 Å². The van der Waals surface area contributed by atoms with Crippen molar-refractivity contribution in [1.29, 1.82) is 0 Å². The number of hydrogen-bond acceptors (Lipinski definition) is 3. The predicted molar refractivity (Wildman–Crippen MR) is 135 cm³/mol. The SMILES string of the molecule is COc1ccc(C[P+](c2ccccc2)(c2ccccc2)c2ccccc2)c(OC)c1OC.[Br-]. The zero-order chi connectivity index (χ0) is 22.4. The Bertz CT molecular complexity index is 1060. The maximum Gasteiger partial charge on any atom is 0.203 e. The molecule has 0 unspecified atom stereocenters. The number of halogens is 1. The van der Waals surface area contributed by atoms with Gasteiger partial charge in [-0.05, 0) is 48.5 Å². The summed E-state index contributed by atoms with van der Waals surface area (Å²) in [7, 11) is 2.94. The number of benzene rings is 4. The lowest BCUT2D eigenvalue weighted by atomic mass is 10.2. The van der Waals surface area contributed by atoms with Crippen molar-refractivity contribution in [2.45, 2.75) is 6.16 Å². The highest BCUT2D eigenvalue weighted by molar-refractivity contribution is 7.95. The van der Waals surface area contributed by atoms with Crippen LogP contribution in [0.5, 0.6) is 17.2 Å². The molecule has 33 heavy (non-hydrogen) atoms. The van der Waals surface area contributed by atoms with Gasteiger partial charge >= 0.3 is 0 Å². The molecule has 0 saturated carbocycles. The number of rotatable bonds is 8. The Hall–Kier alpha value is -2.81. The van der Waals surface area contributed by atoms with Crippen LogP contribution >= 0.6 is 7.26 Å². The zero-order valence-electron chi connectivity index (χ0n) is 19.1. The van der Waals surface area contributed by atoms with Crippen molar-refractivity contribution in [3.8, 4) is 17.2 Å². The highest BCUT2D eigenvalue weighted by Gasteiger charge is 2.46. The number of hydrogen-bond donors (Lipinski definition) is 0. The van der Waals surface area contributed by atoms with Crippen LogP contribution in [0.2, 0.25) is 0 Å². The van der Waals surface area contributed by atoms with E-state index in [-0.39, 0.29) is 17.0 Å². The second kappa shape index (κ2) is 11.4. The van der Waals surface area contributed by atoms with E-state index in [1.807, 2.05) is 6.07 Å². The molecule has 0 bridgehead atoms. The lowest BCUT2D eigenvalue weighted by Crippen LogP contribution is -3.00. The van der Waals surface area contributed by atoms with Crippen LogP contribution in [-0.2, 0) is 6.16 Å². The minimum atomic E-state index is -2.05. The van der Waals surface area contributed by atoms with Crippen molar-refractivity contribution in [1.82, 2.24) is 0 Å². The zero-order valence-corrected chi connectivity index (χ0v) is 21.6. The molecule has 0 aromatic heterocycles. The molecule has 0 N–H and O–H groups in total. The van der Waals surface area contributed by atoms with E-state index < -0.39 is 7.26 Å². The van der Waals surface area contributed by atoms with Crippen molar-refractivity contribution in [3.63, 3.8) is 0 Å². The molecule has 0 spiro atoms. The Kier molecular flexibility index (Phi) is 8.55. The monoisotopic (exact) mass is 522 g/mol. The molecular weight excluding hydrogens is 495 g/mol. The molecule has 0 atom stereocenters. The third-order valence-corrected chi connectivity index (χ3v) is 10.1. The summed E-state index contributed by atoms with van der Waals surface area (Å²) in [4.78, 5) is 0. The van der Waals surface area contributed by atoms with Crippen molar-refractivity contribution in [3.05, 3.63) is 109 Å². The molecule has 170 valence electrons. The molecule has 3 nitrogen and oxygen atoms in total. The summed E-state index contributed by atoms with van der Waals surface area (Å²) < 4.78 is 17.1. The Morgan fingerprint density at radius 2 is 0.939 bits per heavy atom. The Labute approximate surface area is 207 Å². The van der Waals surface area contributed by atoms with Gasteiger partial charge < -0.3 is 31.2 Å². The van der Waals surface area contributed by atoms with E-state index >= 15 is 0 Å². The normalized spacial score (nSPS) is 10.8. The lowest BCUT2D eigenvalue weighted by molar-refractivity contribution is -0.00000704. The van der Waals surface area contributed by atoms with Crippen LogP contribution in [0.3, 0.4) is 0 Å². The first kappa shape index (κ1) is 24.8. The van der Waals surface area contributed by atoms with Gasteiger partial charge in [0.15, 0.2) is 11.5 Å². The van der Waals surface area contributed by atoms with Gasteiger partial charge in [-0.1, -0.05) is 54.6 Å². The first-order chi connectivity index (χ1) is 15.7. The summed E-state index contributed by atoms with van der Waals surface area (Å²) in [6.07, 6.45) is 0.800. The van der Waals surface area contributed by atoms with E-state index in [2.05, 4.69) is 97.1 Å². The molecule has 0 aliphatic rings. The highest BCUT2D eigenvalue weighted by atomic mass is 79.9. The van der Waals surface area contributed by atoms with Gasteiger partial charge in [0, 0.05) is 5.56 Å². The van der Waals surface area contributed by atoms with E-state index in [4.69, 9.17) is 14.2 Å². The van der Waals surface area contributed by atoms with Gasteiger partial charge in [0.25, 0.3) is 0 Å². The highest BCUT2D eigenvalue weighted by Crippen LogP contribution is 2.60. The van der Waals surface area contributed by atoms with E-state index in [0.29, 0.717) is 11.5 Å². The summed E-state index contributed by atoms with van der Waals surface area (Å²) in [5.41, 5.74) is 1.09. The van der Waals surface area contributed by atoms with E-state index in [1.165, 1.54) is 15.9 Å². The third kappa shape index (κ3) is 4.78. The van der Waals surface area contributed by atoms with Gasteiger partial charge in [0.1, 0.15) is 29.3 Å². The first-order valence-electron chi connectivity index (χ1n) is 10.6. The average Bonchev–Trinajstić information content (AvgIpc) is 2.88. The largest absolute Gasteiger partial charge is 1.00 e. The van der Waals surface area contributed by atoms with Crippen LogP contribution in [-0.4, -0.2) is 21.3 Å². The summed E-state index contributed by atoms with van der Waals surface area (Å²) in [5.74, 6) is 2.01. The fourth-order valence-corrected chi connectivity index (χ4v) is 8.56. The molecule has 0 amide bonds. The van der Waals surface area contributed by atoms with Crippen molar-refractivity contribution in [2.24, 2.45) is 0 Å². The summed E-state index contributed by atoms with van der Waals surface area (Å²) in [5, 5.41) is 3.98. The summed E-state index contributed by atoms with van der Waals surface area (Å²) >= 11 is 0. The average molecular weight is 523 g/mol.